The van der Waals surface area contributed by atoms with E-state index in [-0.39, 0.29) is 0 Å². The lowest BCUT2D eigenvalue weighted by Crippen LogP contribution is -1.98. The molecule has 0 aliphatic rings. The highest BCUT2D eigenvalue weighted by Gasteiger charge is 2.19. The quantitative estimate of drug-likeness (QED) is 0.778. The SMILES string of the molecule is Cc1ccsc1-c1nn(C)c(N)c1-c1cccnc1. The largest absolute Gasteiger partial charge is 0.383 e. The molecular formula is C14H14N4S. The molecule has 3 heterocycles. The van der Waals surface area contributed by atoms with E-state index >= 15 is 0 Å². The Morgan fingerprint density at radius 3 is 2.79 bits per heavy atom. The number of rotatable bonds is 2. The molecule has 0 radical (unpaired) electrons. The van der Waals surface area contributed by atoms with E-state index in [9.17, 15) is 0 Å². The van der Waals surface area contributed by atoms with Crippen molar-refractivity contribution >= 4 is 17.2 Å². The van der Waals surface area contributed by atoms with Crippen LogP contribution in [0.15, 0.2) is 36.0 Å². The summed E-state index contributed by atoms with van der Waals surface area (Å²) in [4.78, 5) is 5.33. The molecular weight excluding hydrogens is 256 g/mol. The average molecular weight is 270 g/mol. The Morgan fingerprint density at radius 1 is 1.32 bits per heavy atom. The molecule has 0 atom stereocenters. The summed E-state index contributed by atoms with van der Waals surface area (Å²) in [6.07, 6.45) is 3.58. The maximum Gasteiger partial charge on any atom is 0.130 e. The number of anilines is 1. The molecule has 3 aromatic heterocycles. The van der Waals surface area contributed by atoms with Gasteiger partial charge in [-0.2, -0.15) is 5.10 Å². The van der Waals surface area contributed by atoms with Gasteiger partial charge in [-0.25, -0.2) is 0 Å². The van der Waals surface area contributed by atoms with E-state index in [1.165, 1.54) is 5.56 Å². The van der Waals surface area contributed by atoms with Crippen LogP contribution in [0.2, 0.25) is 0 Å². The topological polar surface area (TPSA) is 56.7 Å². The lowest BCUT2D eigenvalue weighted by molar-refractivity contribution is 0.783. The zero-order chi connectivity index (χ0) is 13.4. The minimum Gasteiger partial charge on any atom is -0.383 e. The first kappa shape index (κ1) is 11.9. The van der Waals surface area contributed by atoms with Crippen LogP contribution < -0.4 is 5.73 Å². The Kier molecular flexibility index (Phi) is 2.83. The van der Waals surface area contributed by atoms with Crippen LogP contribution in [0.4, 0.5) is 5.82 Å². The first-order chi connectivity index (χ1) is 9.18. The third-order valence-corrected chi connectivity index (χ3v) is 4.14. The molecule has 0 unspecified atom stereocenters. The fourth-order valence-corrected chi connectivity index (χ4v) is 3.02. The number of pyridine rings is 1. The van der Waals surface area contributed by atoms with Crippen LogP contribution >= 0.6 is 11.3 Å². The summed E-state index contributed by atoms with van der Waals surface area (Å²) in [5, 5.41) is 6.64. The summed E-state index contributed by atoms with van der Waals surface area (Å²) in [6, 6.07) is 6.01. The second kappa shape index (κ2) is 4.51. The molecule has 0 bridgehead atoms. The summed E-state index contributed by atoms with van der Waals surface area (Å²) in [5.74, 6) is 0.663. The number of aromatic nitrogens is 3. The van der Waals surface area contributed by atoms with Gasteiger partial charge in [0, 0.05) is 25.0 Å². The monoisotopic (exact) mass is 270 g/mol. The normalized spacial score (nSPS) is 10.8. The second-order valence-corrected chi connectivity index (χ2v) is 5.32. The molecule has 0 spiro atoms. The van der Waals surface area contributed by atoms with Crippen molar-refractivity contribution in [3.8, 4) is 21.7 Å². The molecule has 96 valence electrons. The highest BCUT2D eigenvalue weighted by atomic mass is 32.1. The molecule has 0 saturated carbocycles. The number of aryl methyl sites for hydroxylation is 2. The lowest BCUT2D eigenvalue weighted by Gasteiger charge is -2.03. The van der Waals surface area contributed by atoms with E-state index in [1.807, 2.05) is 25.4 Å². The smallest absolute Gasteiger partial charge is 0.130 e. The fourth-order valence-electron chi connectivity index (χ4n) is 2.11. The van der Waals surface area contributed by atoms with Crippen molar-refractivity contribution in [2.45, 2.75) is 6.92 Å². The molecule has 0 saturated heterocycles. The molecule has 0 fully saturated rings. The Labute approximate surface area is 115 Å². The van der Waals surface area contributed by atoms with Gasteiger partial charge in [0.15, 0.2) is 0 Å². The molecule has 0 aromatic carbocycles. The third kappa shape index (κ3) is 1.92. The lowest BCUT2D eigenvalue weighted by atomic mass is 10.1. The second-order valence-electron chi connectivity index (χ2n) is 4.41. The van der Waals surface area contributed by atoms with E-state index in [1.54, 1.807) is 22.2 Å². The number of nitrogens with zero attached hydrogens (tertiary/aromatic N) is 3. The number of nitrogens with two attached hydrogens (primary N) is 1. The molecule has 2 N–H and O–H groups in total. The summed E-state index contributed by atoms with van der Waals surface area (Å²) >= 11 is 1.68. The molecule has 3 aromatic rings. The van der Waals surface area contributed by atoms with Crippen molar-refractivity contribution < 1.29 is 0 Å². The van der Waals surface area contributed by atoms with Crippen molar-refractivity contribution in [3.63, 3.8) is 0 Å². The number of thiophene rings is 1. The van der Waals surface area contributed by atoms with Gasteiger partial charge in [0.05, 0.1) is 10.4 Å². The molecule has 0 aliphatic carbocycles. The van der Waals surface area contributed by atoms with Crippen molar-refractivity contribution in [2.75, 3.05) is 5.73 Å². The van der Waals surface area contributed by atoms with Gasteiger partial charge in [-0.05, 0) is 30.0 Å². The minimum absolute atomic E-state index is 0.663. The van der Waals surface area contributed by atoms with Crippen LogP contribution in [0.3, 0.4) is 0 Å². The number of hydrogen-bond acceptors (Lipinski definition) is 4. The molecule has 19 heavy (non-hydrogen) atoms. The van der Waals surface area contributed by atoms with E-state index in [0.29, 0.717) is 5.82 Å². The first-order valence-electron chi connectivity index (χ1n) is 5.96. The van der Waals surface area contributed by atoms with E-state index in [4.69, 9.17) is 5.73 Å². The molecule has 5 heteroatoms. The van der Waals surface area contributed by atoms with E-state index in [0.717, 1.165) is 21.7 Å². The van der Waals surface area contributed by atoms with Crippen LogP contribution in [-0.2, 0) is 7.05 Å². The van der Waals surface area contributed by atoms with Crippen LogP contribution in [-0.4, -0.2) is 14.8 Å². The third-order valence-electron chi connectivity index (χ3n) is 3.12. The van der Waals surface area contributed by atoms with Gasteiger partial charge in [-0.1, -0.05) is 6.07 Å². The summed E-state index contributed by atoms with van der Waals surface area (Å²) in [6.45, 7) is 2.09. The summed E-state index contributed by atoms with van der Waals surface area (Å²) in [7, 11) is 1.86. The predicted molar refractivity (Wildman–Crippen MR) is 78.9 cm³/mol. The van der Waals surface area contributed by atoms with Crippen molar-refractivity contribution in [1.82, 2.24) is 14.8 Å². The van der Waals surface area contributed by atoms with Gasteiger partial charge in [0.2, 0.25) is 0 Å². The van der Waals surface area contributed by atoms with Crippen LogP contribution in [0, 0.1) is 6.92 Å². The molecule has 0 amide bonds. The minimum atomic E-state index is 0.663. The van der Waals surface area contributed by atoms with E-state index < -0.39 is 0 Å². The van der Waals surface area contributed by atoms with Gasteiger partial charge in [-0.15, -0.1) is 11.3 Å². The van der Waals surface area contributed by atoms with Gasteiger partial charge in [0.25, 0.3) is 0 Å². The Morgan fingerprint density at radius 2 is 2.16 bits per heavy atom. The highest BCUT2D eigenvalue weighted by Crippen LogP contribution is 2.38. The van der Waals surface area contributed by atoms with Gasteiger partial charge in [-0.3, -0.25) is 9.67 Å². The van der Waals surface area contributed by atoms with Crippen LogP contribution in [0.25, 0.3) is 21.7 Å². The van der Waals surface area contributed by atoms with Gasteiger partial charge >= 0.3 is 0 Å². The highest BCUT2D eigenvalue weighted by molar-refractivity contribution is 7.13. The number of hydrogen-bond donors (Lipinski definition) is 1. The molecule has 0 aliphatic heterocycles. The first-order valence-corrected chi connectivity index (χ1v) is 6.84. The van der Waals surface area contributed by atoms with Gasteiger partial charge in [0.1, 0.15) is 11.5 Å². The molecule has 4 nitrogen and oxygen atoms in total. The fraction of sp³-hybridized carbons (Fsp3) is 0.143. The maximum atomic E-state index is 6.17. The zero-order valence-corrected chi connectivity index (χ0v) is 11.6. The van der Waals surface area contributed by atoms with Crippen molar-refractivity contribution in [1.29, 1.82) is 0 Å². The molecule has 3 rings (SSSR count). The van der Waals surface area contributed by atoms with Gasteiger partial charge < -0.3 is 5.73 Å². The summed E-state index contributed by atoms with van der Waals surface area (Å²) < 4.78 is 1.72. The Balaban J connectivity index is 2.28. The van der Waals surface area contributed by atoms with Crippen LogP contribution in [0.5, 0.6) is 0 Å². The van der Waals surface area contributed by atoms with Crippen molar-refractivity contribution in [2.24, 2.45) is 7.05 Å². The standard InChI is InChI=1S/C14H14N4S/c1-9-5-7-19-13(9)12-11(14(15)18(2)17-12)10-4-3-6-16-8-10/h3-8H,15H2,1-2H3. The zero-order valence-electron chi connectivity index (χ0n) is 10.8. The van der Waals surface area contributed by atoms with Crippen LogP contribution in [0.1, 0.15) is 5.56 Å². The maximum absolute atomic E-state index is 6.17. The van der Waals surface area contributed by atoms with E-state index in [2.05, 4.69) is 28.5 Å². The van der Waals surface area contributed by atoms with Crippen molar-refractivity contribution in [3.05, 3.63) is 41.5 Å². The Hall–Kier alpha value is -2.14. The Bertz CT molecular complexity index is 712. The number of nitrogen functional groups attached to an aromatic ring is 1. The average Bonchev–Trinajstić information content (AvgIpc) is 2.96. The predicted octanol–water partition coefficient (Wildman–Crippen LogP) is 3.10. The summed E-state index contributed by atoms with van der Waals surface area (Å²) in [5.41, 5.74) is 10.3.